The SMILES string of the molecule is Cc1cc(NC(=O)c2cc(-c3ccc(F)cc3)on2)n(Cc2ccncc2)n1. The molecule has 1 aromatic carbocycles. The highest BCUT2D eigenvalue weighted by molar-refractivity contribution is 6.02. The molecule has 0 unspecified atom stereocenters. The number of anilines is 1. The first-order valence-corrected chi connectivity index (χ1v) is 8.56. The van der Waals surface area contributed by atoms with Gasteiger partial charge < -0.3 is 9.84 Å². The van der Waals surface area contributed by atoms with E-state index in [0.29, 0.717) is 23.7 Å². The Labute approximate surface area is 159 Å². The molecule has 4 aromatic rings. The molecule has 8 heteroatoms. The normalized spacial score (nSPS) is 10.8. The molecule has 0 spiro atoms. The lowest BCUT2D eigenvalue weighted by molar-refractivity contribution is 0.101. The summed E-state index contributed by atoms with van der Waals surface area (Å²) < 4.78 is 20.0. The zero-order valence-corrected chi connectivity index (χ0v) is 15.0. The molecule has 0 aliphatic heterocycles. The van der Waals surface area contributed by atoms with Crippen molar-refractivity contribution >= 4 is 11.7 Å². The Balaban J connectivity index is 1.52. The lowest BCUT2D eigenvalue weighted by Crippen LogP contribution is -2.16. The van der Waals surface area contributed by atoms with Crippen LogP contribution in [0.5, 0.6) is 0 Å². The van der Waals surface area contributed by atoms with Gasteiger partial charge in [0.05, 0.1) is 12.2 Å². The maximum atomic E-state index is 13.1. The summed E-state index contributed by atoms with van der Waals surface area (Å²) in [6.45, 7) is 2.34. The smallest absolute Gasteiger partial charge is 0.279 e. The second kappa shape index (κ2) is 7.43. The number of carbonyl (C=O) groups is 1. The number of benzene rings is 1. The third-order valence-electron chi connectivity index (χ3n) is 4.10. The van der Waals surface area contributed by atoms with Gasteiger partial charge in [0.15, 0.2) is 11.5 Å². The molecule has 3 aromatic heterocycles. The molecule has 7 nitrogen and oxygen atoms in total. The van der Waals surface area contributed by atoms with Crippen LogP contribution in [-0.4, -0.2) is 25.8 Å². The minimum absolute atomic E-state index is 0.119. The predicted molar refractivity (Wildman–Crippen MR) is 100 cm³/mol. The van der Waals surface area contributed by atoms with Crippen LogP contribution in [0.15, 0.2) is 65.4 Å². The van der Waals surface area contributed by atoms with Crippen LogP contribution < -0.4 is 5.32 Å². The highest BCUT2D eigenvalue weighted by atomic mass is 19.1. The molecule has 0 saturated heterocycles. The molecule has 3 heterocycles. The molecule has 140 valence electrons. The van der Waals surface area contributed by atoms with Gasteiger partial charge in [0.2, 0.25) is 0 Å². The fourth-order valence-corrected chi connectivity index (χ4v) is 2.74. The molecule has 0 bridgehead atoms. The summed E-state index contributed by atoms with van der Waals surface area (Å²) in [6.07, 6.45) is 3.41. The highest BCUT2D eigenvalue weighted by Gasteiger charge is 2.16. The van der Waals surface area contributed by atoms with Crippen LogP contribution in [0.3, 0.4) is 0 Å². The first-order valence-electron chi connectivity index (χ1n) is 8.56. The number of rotatable bonds is 5. The van der Waals surface area contributed by atoms with Crippen LogP contribution in [0, 0.1) is 12.7 Å². The van der Waals surface area contributed by atoms with Gasteiger partial charge in [-0.25, -0.2) is 9.07 Å². The average molecular weight is 377 g/mol. The first kappa shape index (κ1) is 17.6. The first-order chi connectivity index (χ1) is 13.6. The monoisotopic (exact) mass is 377 g/mol. The van der Waals surface area contributed by atoms with Gasteiger partial charge in [-0.15, -0.1) is 0 Å². The lowest BCUT2D eigenvalue weighted by atomic mass is 10.1. The largest absolute Gasteiger partial charge is 0.355 e. The molecule has 4 rings (SSSR count). The second-order valence-electron chi connectivity index (χ2n) is 6.22. The Bertz CT molecular complexity index is 1100. The van der Waals surface area contributed by atoms with Gasteiger partial charge in [0.25, 0.3) is 5.91 Å². The number of amides is 1. The number of aromatic nitrogens is 4. The van der Waals surface area contributed by atoms with Crippen molar-refractivity contribution in [3.63, 3.8) is 0 Å². The van der Waals surface area contributed by atoms with E-state index in [1.54, 1.807) is 35.3 Å². The number of aryl methyl sites for hydroxylation is 1. The van der Waals surface area contributed by atoms with Crippen LogP contribution in [-0.2, 0) is 6.54 Å². The van der Waals surface area contributed by atoms with Crippen molar-refractivity contribution < 1.29 is 13.7 Å². The molecule has 0 aliphatic rings. The number of pyridine rings is 1. The minimum Gasteiger partial charge on any atom is -0.355 e. The summed E-state index contributed by atoms with van der Waals surface area (Å²) in [5, 5.41) is 11.0. The Morgan fingerprint density at radius 3 is 2.64 bits per heavy atom. The Hall–Kier alpha value is -3.81. The van der Waals surface area contributed by atoms with Crippen molar-refractivity contribution in [1.82, 2.24) is 19.9 Å². The third kappa shape index (κ3) is 3.80. The maximum absolute atomic E-state index is 13.1. The van der Waals surface area contributed by atoms with E-state index in [4.69, 9.17) is 4.52 Å². The summed E-state index contributed by atoms with van der Waals surface area (Å²) in [6, 6.07) is 12.8. The average Bonchev–Trinajstić information content (AvgIpc) is 3.30. The highest BCUT2D eigenvalue weighted by Crippen LogP contribution is 2.21. The summed E-state index contributed by atoms with van der Waals surface area (Å²) in [5.74, 6) is 0.157. The van der Waals surface area contributed by atoms with Gasteiger partial charge in [-0.05, 0) is 48.9 Å². The number of hydrogen-bond donors (Lipinski definition) is 1. The molecule has 0 atom stereocenters. The van der Waals surface area contributed by atoms with E-state index >= 15 is 0 Å². The van der Waals surface area contributed by atoms with E-state index in [1.165, 1.54) is 18.2 Å². The van der Waals surface area contributed by atoms with Crippen LogP contribution in [0.4, 0.5) is 10.2 Å². The zero-order valence-electron chi connectivity index (χ0n) is 15.0. The topological polar surface area (TPSA) is 85.8 Å². The number of hydrogen-bond acceptors (Lipinski definition) is 5. The Morgan fingerprint density at radius 1 is 1.14 bits per heavy atom. The predicted octanol–water partition coefficient (Wildman–Crippen LogP) is 3.68. The van der Waals surface area contributed by atoms with Crippen molar-refractivity contribution in [3.05, 3.63) is 83.7 Å². The number of carbonyl (C=O) groups excluding carboxylic acids is 1. The van der Waals surface area contributed by atoms with Crippen molar-refractivity contribution in [2.24, 2.45) is 0 Å². The zero-order chi connectivity index (χ0) is 19.5. The van der Waals surface area contributed by atoms with Gasteiger partial charge in [0, 0.05) is 30.1 Å². The van der Waals surface area contributed by atoms with Gasteiger partial charge in [-0.1, -0.05) is 5.16 Å². The maximum Gasteiger partial charge on any atom is 0.279 e. The van der Waals surface area contributed by atoms with E-state index in [2.05, 4.69) is 20.6 Å². The Kier molecular flexibility index (Phi) is 4.67. The lowest BCUT2D eigenvalue weighted by Gasteiger charge is -2.07. The summed E-state index contributed by atoms with van der Waals surface area (Å²) in [5.41, 5.74) is 2.53. The van der Waals surface area contributed by atoms with Crippen molar-refractivity contribution in [2.45, 2.75) is 13.5 Å². The van der Waals surface area contributed by atoms with Gasteiger partial charge in [0.1, 0.15) is 11.6 Å². The van der Waals surface area contributed by atoms with Crippen LogP contribution in [0.1, 0.15) is 21.7 Å². The Morgan fingerprint density at radius 2 is 1.89 bits per heavy atom. The third-order valence-corrected chi connectivity index (χ3v) is 4.10. The summed E-state index contributed by atoms with van der Waals surface area (Å²) in [7, 11) is 0. The van der Waals surface area contributed by atoms with Gasteiger partial charge >= 0.3 is 0 Å². The number of nitrogens with zero attached hydrogens (tertiary/aromatic N) is 4. The molecule has 0 fully saturated rings. The molecule has 1 amide bonds. The fraction of sp³-hybridized carbons (Fsp3) is 0.100. The van der Waals surface area contributed by atoms with Crippen molar-refractivity contribution in [2.75, 3.05) is 5.32 Å². The molecular formula is C20H16FN5O2. The number of nitrogens with one attached hydrogen (secondary N) is 1. The van der Waals surface area contributed by atoms with Crippen LogP contribution in [0.25, 0.3) is 11.3 Å². The van der Waals surface area contributed by atoms with Crippen LogP contribution in [0.2, 0.25) is 0 Å². The van der Waals surface area contributed by atoms with Crippen molar-refractivity contribution in [3.8, 4) is 11.3 Å². The molecule has 0 radical (unpaired) electrons. The number of halogens is 1. The van der Waals surface area contributed by atoms with E-state index in [0.717, 1.165) is 11.3 Å². The molecular weight excluding hydrogens is 361 g/mol. The van der Waals surface area contributed by atoms with Crippen molar-refractivity contribution in [1.29, 1.82) is 0 Å². The molecule has 0 aliphatic carbocycles. The van der Waals surface area contributed by atoms with Gasteiger partial charge in [-0.2, -0.15) is 5.10 Å². The standard InChI is InChI=1S/C20H16FN5O2/c1-13-10-19(26(24-13)12-14-6-8-22-9-7-14)23-20(27)17-11-18(28-25-17)15-2-4-16(21)5-3-15/h2-11H,12H2,1H3,(H,23,27). The fourth-order valence-electron chi connectivity index (χ4n) is 2.74. The van der Waals surface area contributed by atoms with Gasteiger partial charge in [-0.3, -0.25) is 9.78 Å². The van der Waals surface area contributed by atoms with E-state index in [-0.39, 0.29) is 11.5 Å². The minimum atomic E-state index is -0.423. The van der Waals surface area contributed by atoms with E-state index < -0.39 is 5.91 Å². The summed E-state index contributed by atoms with van der Waals surface area (Å²) in [4.78, 5) is 16.6. The second-order valence-corrected chi connectivity index (χ2v) is 6.22. The van der Waals surface area contributed by atoms with Crippen LogP contribution >= 0.6 is 0 Å². The molecule has 1 N–H and O–H groups in total. The summed E-state index contributed by atoms with van der Waals surface area (Å²) >= 11 is 0. The quantitative estimate of drug-likeness (QED) is 0.573. The van der Waals surface area contributed by atoms with E-state index in [9.17, 15) is 9.18 Å². The molecule has 28 heavy (non-hydrogen) atoms. The van der Waals surface area contributed by atoms with E-state index in [1.807, 2.05) is 19.1 Å². The molecule has 0 saturated carbocycles.